The Bertz CT molecular complexity index is 1090. The quantitative estimate of drug-likeness (QED) is 0.760. The van der Waals surface area contributed by atoms with Gasteiger partial charge in [0.1, 0.15) is 10.7 Å². The van der Waals surface area contributed by atoms with E-state index < -0.39 is 17.3 Å². The van der Waals surface area contributed by atoms with Gasteiger partial charge in [0.05, 0.1) is 11.1 Å². The SMILES string of the molecule is Cc1nc(NC(=O)c2cc3cc(F)ccc3c(=O)o2)sc1C(=O)N(C)C. The Kier molecular flexibility index (Phi) is 4.56. The number of aromatic nitrogens is 1. The Hall–Kier alpha value is -3.07. The predicted molar refractivity (Wildman–Crippen MR) is 95.3 cm³/mol. The Labute approximate surface area is 151 Å². The molecule has 1 N–H and O–H groups in total. The van der Waals surface area contributed by atoms with Crippen LogP contribution in [0.1, 0.15) is 25.9 Å². The summed E-state index contributed by atoms with van der Waals surface area (Å²) in [6.45, 7) is 1.65. The molecule has 0 fully saturated rings. The number of amides is 2. The monoisotopic (exact) mass is 375 g/mol. The van der Waals surface area contributed by atoms with Crippen molar-refractivity contribution < 1.29 is 18.4 Å². The van der Waals surface area contributed by atoms with Crippen LogP contribution in [0, 0.1) is 12.7 Å². The van der Waals surface area contributed by atoms with E-state index in [9.17, 15) is 18.8 Å². The first kappa shape index (κ1) is 17.7. The fourth-order valence-electron chi connectivity index (χ4n) is 2.29. The molecular weight excluding hydrogens is 361 g/mol. The number of nitrogens with zero attached hydrogens (tertiary/aromatic N) is 2. The first-order valence-electron chi connectivity index (χ1n) is 7.50. The predicted octanol–water partition coefficient (Wildman–Crippen LogP) is 2.65. The summed E-state index contributed by atoms with van der Waals surface area (Å²) in [5.74, 6) is -1.75. The Morgan fingerprint density at radius 2 is 2.00 bits per heavy atom. The van der Waals surface area contributed by atoms with Crippen LogP contribution in [0.5, 0.6) is 0 Å². The number of rotatable bonds is 3. The molecule has 0 saturated heterocycles. The van der Waals surface area contributed by atoms with Gasteiger partial charge in [0, 0.05) is 14.1 Å². The van der Waals surface area contributed by atoms with E-state index in [1.165, 1.54) is 17.0 Å². The maximum absolute atomic E-state index is 13.4. The highest BCUT2D eigenvalue weighted by Crippen LogP contribution is 2.24. The van der Waals surface area contributed by atoms with E-state index in [1.807, 2.05) is 0 Å². The highest BCUT2D eigenvalue weighted by molar-refractivity contribution is 7.17. The molecule has 9 heteroatoms. The lowest BCUT2D eigenvalue weighted by Crippen LogP contribution is -2.21. The zero-order chi connectivity index (χ0) is 19.0. The second-order valence-electron chi connectivity index (χ2n) is 5.72. The van der Waals surface area contributed by atoms with Gasteiger partial charge in [0.25, 0.3) is 11.8 Å². The smallest absolute Gasteiger partial charge is 0.344 e. The molecule has 2 amide bonds. The molecule has 3 rings (SSSR count). The van der Waals surface area contributed by atoms with Gasteiger partial charge in [0.2, 0.25) is 0 Å². The molecule has 0 atom stereocenters. The van der Waals surface area contributed by atoms with Crippen LogP contribution < -0.4 is 10.9 Å². The molecule has 0 bridgehead atoms. The molecule has 1 aromatic carbocycles. The molecule has 0 saturated carbocycles. The van der Waals surface area contributed by atoms with Crippen LogP contribution in [0.3, 0.4) is 0 Å². The molecule has 134 valence electrons. The Morgan fingerprint density at radius 1 is 1.27 bits per heavy atom. The van der Waals surface area contributed by atoms with Crippen molar-refractivity contribution in [1.29, 1.82) is 0 Å². The van der Waals surface area contributed by atoms with E-state index in [0.29, 0.717) is 10.6 Å². The summed E-state index contributed by atoms with van der Waals surface area (Å²) in [5, 5.41) is 3.11. The largest absolute Gasteiger partial charge is 0.417 e. The number of carbonyl (C=O) groups is 2. The summed E-state index contributed by atoms with van der Waals surface area (Å²) in [4.78, 5) is 42.3. The van der Waals surface area contributed by atoms with Crippen molar-refractivity contribution in [2.75, 3.05) is 19.4 Å². The fourth-order valence-corrected chi connectivity index (χ4v) is 3.27. The molecule has 0 unspecified atom stereocenters. The van der Waals surface area contributed by atoms with E-state index in [-0.39, 0.29) is 27.6 Å². The van der Waals surface area contributed by atoms with E-state index >= 15 is 0 Å². The van der Waals surface area contributed by atoms with Crippen molar-refractivity contribution in [3.63, 3.8) is 0 Å². The molecule has 2 aromatic heterocycles. The molecule has 7 nitrogen and oxygen atoms in total. The van der Waals surface area contributed by atoms with Crippen LogP contribution >= 0.6 is 11.3 Å². The third-order valence-corrected chi connectivity index (χ3v) is 4.62. The van der Waals surface area contributed by atoms with Gasteiger partial charge >= 0.3 is 5.63 Å². The molecule has 0 radical (unpaired) electrons. The maximum atomic E-state index is 13.4. The maximum Gasteiger partial charge on any atom is 0.344 e. The van der Waals surface area contributed by atoms with E-state index in [2.05, 4.69) is 10.3 Å². The molecule has 0 aliphatic heterocycles. The van der Waals surface area contributed by atoms with Gasteiger partial charge in [-0.15, -0.1) is 0 Å². The van der Waals surface area contributed by atoms with Gasteiger partial charge < -0.3 is 9.32 Å². The van der Waals surface area contributed by atoms with E-state index in [1.54, 1.807) is 21.0 Å². The van der Waals surface area contributed by atoms with Crippen molar-refractivity contribution in [3.05, 3.63) is 56.8 Å². The third-order valence-electron chi connectivity index (χ3n) is 3.56. The van der Waals surface area contributed by atoms with Gasteiger partial charge in [-0.2, -0.15) is 0 Å². The zero-order valence-corrected chi connectivity index (χ0v) is 14.9. The first-order valence-corrected chi connectivity index (χ1v) is 8.31. The fraction of sp³-hybridized carbons (Fsp3) is 0.176. The molecule has 2 heterocycles. The van der Waals surface area contributed by atoms with Crippen molar-refractivity contribution in [2.45, 2.75) is 6.92 Å². The van der Waals surface area contributed by atoms with Crippen LogP contribution in [0.2, 0.25) is 0 Å². The van der Waals surface area contributed by atoms with Gasteiger partial charge in [-0.3, -0.25) is 14.9 Å². The summed E-state index contributed by atoms with van der Waals surface area (Å²) in [5.41, 5.74) is -0.266. The zero-order valence-electron chi connectivity index (χ0n) is 14.1. The molecule has 0 aliphatic rings. The minimum Gasteiger partial charge on any atom is -0.417 e. The van der Waals surface area contributed by atoms with Crippen LogP contribution in [0.4, 0.5) is 9.52 Å². The number of halogens is 1. The van der Waals surface area contributed by atoms with Gasteiger partial charge in [-0.25, -0.2) is 14.2 Å². The van der Waals surface area contributed by atoms with Gasteiger partial charge in [-0.05, 0) is 36.6 Å². The number of fused-ring (bicyclic) bond motifs is 1. The number of hydrogen-bond donors (Lipinski definition) is 1. The minimum absolute atomic E-state index is 0.173. The number of aryl methyl sites for hydroxylation is 1. The van der Waals surface area contributed by atoms with Crippen molar-refractivity contribution in [3.8, 4) is 0 Å². The lowest BCUT2D eigenvalue weighted by molar-refractivity contribution is 0.0831. The molecular formula is C17H14FN3O4S. The van der Waals surface area contributed by atoms with Crippen LogP contribution in [-0.2, 0) is 0 Å². The Balaban J connectivity index is 1.91. The van der Waals surface area contributed by atoms with Crippen LogP contribution in [0.25, 0.3) is 10.8 Å². The summed E-state index contributed by atoms with van der Waals surface area (Å²) in [6.07, 6.45) is 0. The molecule has 0 spiro atoms. The van der Waals surface area contributed by atoms with Crippen molar-refractivity contribution in [1.82, 2.24) is 9.88 Å². The second kappa shape index (κ2) is 6.68. The number of benzene rings is 1. The third kappa shape index (κ3) is 3.33. The normalized spacial score (nSPS) is 10.8. The number of nitrogens with one attached hydrogen (secondary N) is 1. The van der Waals surface area contributed by atoms with Crippen molar-refractivity contribution in [2.24, 2.45) is 0 Å². The van der Waals surface area contributed by atoms with E-state index in [4.69, 9.17) is 4.42 Å². The standard InChI is InChI=1S/C17H14FN3O4S/c1-8-13(15(23)21(2)3)26-17(19-8)20-14(22)12-7-9-6-10(18)4-5-11(9)16(24)25-12/h4-7H,1-3H3,(H,19,20,22). The average molecular weight is 375 g/mol. The average Bonchev–Trinajstić information content (AvgIpc) is 2.93. The van der Waals surface area contributed by atoms with Crippen molar-refractivity contribution >= 4 is 39.1 Å². The van der Waals surface area contributed by atoms with E-state index in [0.717, 1.165) is 23.5 Å². The summed E-state index contributed by atoms with van der Waals surface area (Å²) in [6, 6.07) is 4.86. The number of carbonyl (C=O) groups excluding carboxylic acids is 2. The molecule has 0 aliphatic carbocycles. The highest BCUT2D eigenvalue weighted by Gasteiger charge is 2.19. The number of hydrogen-bond acceptors (Lipinski definition) is 6. The number of thiazole rings is 1. The lowest BCUT2D eigenvalue weighted by Gasteiger charge is -2.07. The molecule has 3 aromatic rings. The second-order valence-corrected chi connectivity index (χ2v) is 6.72. The minimum atomic E-state index is -0.744. The van der Waals surface area contributed by atoms with Gasteiger partial charge in [-0.1, -0.05) is 11.3 Å². The van der Waals surface area contributed by atoms with Crippen LogP contribution in [-0.4, -0.2) is 35.8 Å². The summed E-state index contributed by atoms with van der Waals surface area (Å²) < 4.78 is 18.4. The summed E-state index contributed by atoms with van der Waals surface area (Å²) >= 11 is 1.02. The first-order chi connectivity index (χ1) is 12.3. The topological polar surface area (TPSA) is 92.5 Å². The number of anilines is 1. The molecule has 26 heavy (non-hydrogen) atoms. The Morgan fingerprint density at radius 3 is 2.69 bits per heavy atom. The lowest BCUT2D eigenvalue weighted by atomic mass is 10.1. The van der Waals surface area contributed by atoms with Gasteiger partial charge in [0.15, 0.2) is 10.9 Å². The van der Waals surface area contributed by atoms with Crippen LogP contribution in [0.15, 0.2) is 33.5 Å². The highest BCUT2D eigenvalue weighted by atomic mass is 32.1. The summed E-state index contributed by atoms with van der Waals surface area (Å²) in [7, 11) is 3.23.